The number of aromatic nitrogens is 3. The van der Waals surface area contributed by atoms with Gasteiger partial charge >= 0.3 is 0 Å². The number of hydrogen-bond acceptors (Lipinski definition) is 8. The fourth-order valence-electron chi connectivity index (χ4n) is 5.01. The van der Waals surface area contributed by atoms with Crippen molar-refractivity contribution in [3.8, 4) is 5.75 Å². The first-order valence-electron chi connectivity index (χ1n) is 14.0. The highest BCUT2D eigenvalue weighted by Gasteiger charge is 2.27. The minimum absolute atomic E-state index is 0.126. The van der Waals surface area contributed by atoms with E-state index >= 15 is 0 Å². The number of benzene rings is 1. The molecule has 2 fully saturated rings. The number of hydrogen-bond donors (Lipinski definition) is 2. The number of ether oxygens (including phenoxy) is 2. The molecule has 1 saturated heterocycles. The highest BCUT2D eigenvalue weighted by Crippen LogP contribution is 2.30. The van der Waals surface area contributed by atoms with E-state index in [1.807, 2.05) is 32.0 Å². The van der Waals surface area contributed by atoms with Gasteiger partial charge in [0.1, 0.15) is 5.02 Å². The van der Waals surface area contributed by atoms with Gasteiger partial charge in [0.05, 0.1) is 23.9 Å². The molecule has 1 saturated carbocycles. The van der Waals surface area contributed by atoms with E-state index in [1.54, 1.807) is 16.8 Å². The van der Waals surface area contributed by atoms with Crippen molar-refractivity contribution < 1.29 is 14.3 Å². The number of piperidine rings is 1. The third-order valence-corrected chi connectivity index (χ3v) is 7.68. The lowest BCUT2D eigenvalue weighted by atomic mass is 9.95. The van der Waals surface area contributed by atoms with Crippen LogP contribution in [0.3, 0.4) is 0 Å². The molecule has 0 radical (unpaired) electrons. The van der Waals surface area contributed by atoms with Gasteiger partial charge in [0, 0.05) is 37.8 Å². The molecule has 40 heavy (non-hydrogen) atoms. The van der Waals surface area contributed by atoms with Crippen molar-refractivity contribution in [3.05, 3.63) is 45.8 Å². The minimum atomic E-state index is -0.311. The third-order valence-electron chi connectivity index (χ3n) is 7.40. The molecule has 1 aliphatic heterocycles. The molecular formula is C29H37ClN6O4. The molecule has 0 bridgehead atoms. The molecule has 5 rings (SSSR count). The normalized spacial score (nSPS) is 16.3. The summed E-state index contributed by atoms with van der Waals surface area (Å²) in [6.45, 7) is 6.04. The second-order valence-electron chi connectivity index (χ2n) is 10.9. The summed E-state index contributed by atoms with van der Waals surface area (Å²) >= 11 is 6.49. The molecule has 2 N–H and O–H groups in total. The molecule has 3 aromatic rings. The zero-order valence-corrected chi connectivity index (χ0v) is 24.0. The lowest BCUT2D eigenvalue weighted by Crippen LogP contribution is -2.40. The van der Waals surface area contributed by atoms with Crippen LogP contribution in [0.1, 0.15) is 46.0 Å². The van der Waals surface area contributed by atoms with E-state index in [0.717, 1.165) is 42.5 Å². The Hall–Kier alpha value is -3.37. The van der Waals surface area contributed by atoms with E-state index in [0.29, 0.717) is 35.5 Å². The number of carbonyl (C=O) groups is 1. The lowest BCUT2D eigenvalue weighted by Gasteiger charge is -2.36. The van der Waals surface area contributed by atoms with Crippen LogP contribution in [0.15, 0.2) is 35.3 Å². The van der Waals surface area contributed by atoms with Crippen LogP contribution in [0, 0.1) is 5.92 Å². The van der Waals surface area contributed by atoms with Gasteiger partial charge in [-0.15, -0.1) is 0 Å². The van der Waals surface area contributed by atoms with Crippen LogP contribution in [0.2, 0.25) is 5.02 Å². The number of pyridine rings is 1. The molecule has 1 amide bonds. The van der Waals surface area contributed by atoms with E-state index in [-0.39, 0.29) is 29.7 Å². The van der Waals surface area contributed by atoms with Crippen LogP contribution < -0.4 is 25.8 Å². The van der Waals surface area contributed by atoms with Crippen LogP contribution in [0.5, 0.6) is 5.75 Å². The fraction of sp³-hybridized carbons (Fsp3) is 0.517. The number of anilines is 3. The molecule has 3 heterocycles. The summed E-state index contributed by atoms with van der Waals surface area (Å²) in [5.74, 6) is 1.19. The standard InChI is InChI=1S/C29H37ClN6O4/c1-18(2)16-36-24-8-7-20(13-19(24)14-25(28(36)38)39-17-26(37)31-3)33-27-23(30)15-32-29(34-27)35-11-9-22(10-12-35)40-21-5-4-6-21/h7-8,13-15,18,21-22H,4-6,9-12,16-17H2,1-3H3,(H,31,37)(H,32,33,34). The maximum Gasteiger partial charge on any atom is 0.293 e. The Morgan fingerprint density at radius 2 is 1.90 bits per heavy atom. The Bertz CT molecular complexity index is 1420. The summed E-state index contributed by atoms with van der Waals surface area (Å²) in [6, 6.07) is 7.38. The molecule has 11 heteroatoms. The second kappa shape index (κ2) is 12.4. The van der Waals surface area contributed by atoms with E-state index in [2.05, 4.69) is 20.5 Å². The smallest absolute Gasteiger partial charge is 0.293 e. The number of nitrogens with zero attached hydrogens (tertiary/aromatic N) is 4. The first-order chi connectivity index (χ1) is 19.3. The summed E-state index contributed by atoms with van der Waals surface area (Å²) in [7, 11) is 1.53. The maximum absolute atomic E-state index is 13.2. The average Bonchev–Trinajstić information content (AvgIpc) is 2.92. The summed E-state index contributed by atoms with van der Waals surface area (Å²) < 4.78 is 13.5. The van der Waals surface area contributed by atoms with Crippen molar-refractivity contribution in [2.24, 2.45) is 5.92 Å². The molecular weight excluding hydrogens is 532 g/mol. The third kappa shape index (κ3) is 6.50. The van der Waals surface area contributed by atoms with Gasteiger partial charge in [-0.3, -0.25) is 9.59 Å². The quantitative estimate of drug-likeness (QED) is 0.368. The van der Waals surface area contributed by atoms with Crippen LogP contribution in [0.4, 0.5) is 17.5 Å². The van der Waals surface area contributed by atoms with Gasteiger partial charge in [-0.25, -0.2) is 4.98 Å². The van der Waals surface area contributed by atoms with E-state index < -0.39 is 0 Å². The van der Waals surface area contributed by atoms with Gasteiger partial charge in [0.15, 0.2) is 18.2 Å². The second-order valence-corrected chi connectivity index (χ2v) is 11.3. The van der Waals surface area contributed by atoms with Crippen molar-refractivity contribution in [3.63, 3.8) is 0 Å². The Morgan fingerprint density at radius 3 is 2.58 bits per heavy atom. The van der Waals surface area contributed by atoms with E-state index in [4.69, 9.17) is 26.1 Å². The molecule has 2 aromatic heterocycles. The lowest BCUT2D eigenvalue weighted by molar-refractivity contribution is -0.122. The largest absolute Gasteiger partial charge is 0.478 e. The van der Waals surface area contributed by atoms with Crippen LogP contribution in [0.25, 0.3) is 10.9 Å². The van der Waals surface area contributed by atoms with Gasteiger partial charge in [-0.2, -0.15) is 4.98 Å². The Balaban J connectivity index is 1.36. The average molecular weight is 569 g/mol. The zero-order chi connectivity index (χ0) is 28.2. The first kappa shape index (κ1) is 28.2. The molecule has 1 aromatic carbocycles. The Labute approximate surface area is 239 Å². The molecule has 1 aliphatic carbocycles. The fourth-order valence-corrected chi connectivity index (χ4v) is 5.15. The highest BCUT2D eigenvalue weighted by molar-refractivity contribution is 6.32. The van der Waals surface area contributed by atoms with Gasteiger partial charge in [-0.1, -0.05) is 25.4 Å². The van der Waals surface area contributed by atoms with Crippen molar-refractivity contribution in [2.45, 2.75) is 64.7 Å². The molecule has 2 aliphatic rings. The van der Waals surface area contributed by atoms with Crippen LogP contribution in [-0.2, 0) is 16.1 Å². The summed E-state index contributed by atoms with van der Waals surface area (Å²) in [5.41, 5.74) is 1.26. The van der Waals surface area contributed by atoms with Crippen molar-refractivity contribution in [1.82, 2.24) is 19.9 Å². The number of halogens is 1. The van der Waals surface area contributed by atoms with Crippen LogP contribution >= 0.6 is 11.6 Å². The Morgan fingerprint density at radius 1 is 1.15 bits per heavy atom. The number of amides is 1. The number of fused-ring (bicyclic) bond motifs is 1. The molecule has 10 nitrogen and oxygen atoms in total. The highest BCUT2D eigenvalue weighted by atomic mass is 35.5. The molecule has 0 spiro atoms. The van der Waals surface area contributed by atoms with Crippen molar-refractivity contribution in [1.29, 1.82) is 0 Å². The monoisotopic (exact) mass is 568 g/mol. The maximum atomic E-state index is 13.2. The topological polar surface area (TPSA) is 111 Å². The van der Waals surface area contributed by atoms with E-state index in [9.17, 15) is 9.59 Å². The summed E-state index contributed by atoms with van der Waals surface area (Å²) in [5, 5.41) is 7.02. The summed E-state index contributed by atoms with van der Waals surface area (Å²) in [4.78, 5) is 36.3. The van der Waals surface area contributed by atoms with E-state index in [1.165, 1.54) is 26.3 Å². The van der Waals surface area contributed by atoms with Crippen molar-refractivity contribution in [2.75, 3.05) is 37.0 Å². The number of likely N-dealkylation sites (N-methyl/N-ethyl adjacent to an activating group) is 1. The first-order valence-corrected chi connectivity index (χ1v) is 14.4. The van der Waals surface area contributed by atoms with Crippen LogP contribution in [-0.4, -0.2) is 59.4 Å². The zero-order valence-electron chi connectivity index (χ0n) is 23.3. The van der Waals surface area contributed by atoms with Gasteiger partial charge in [-0.05, 0) is 62.3 Å². The summed E-state index contributed by atoms with van der Waals surface area (Å²) in [6.07, 6.45) is 7.93. The Kier molecular flexibility index (Phi) is 8.75. The number of rotatable bonds is 10. The van der Waals surface area contributed by atoms with Gasteiger partial charge in [0.25, 0.3) is 11.5 Å². The number of carbonyl (C=O) groups excluding carboxylic acids is 1. The van der Waals surface area contributed by atoms with Gasteiger partial charge < -0.3 is 29.6 Å². The SMILES string of the molecule is CNC(=O)COc1cc2cc(Nc3nc(N4CCC(OC5CCC5)CC4)ncc3Cl)ccc2n(CC(C)C)c1=O. The van der Waals surface area contributed by atoms with Gasteiger partial charge in [0.2, 0.25) is 5.95 Å². The minimum Gasteiger partial charge on any atom is -0.478 e. The predicted octanol–water partition coefficient (Wildman–Crippen LogP) is 4.51. The molecule has 0 unspecified atom stereocenters. The number of nitrogens with one attached hydrogen (secondary N) is 2. The predicted molar refractivity (Wildman–Crippen MR) is 157 cm³/mol. The molecule has 0 atom stereocenters. The molecule has 214 valence electrons. The van der Waals surface area contributed by atoms with Crippen molar-refractivity contribution >= 4 is 45.9 Å².